The second kappa shape index (κ2) is 9.33. The first kappa shape index (κ1) is 22.3. The maximum absolute atomic E-state index is 13.6. The fourth-order valence-electron chi connectivity index (χ4n) is 3.91. The lowest BCUT2D eigenvalue weighted by Crippen LogP contribution is -2.48. The van der Waals surface area contributed by atoms with Gasteiger partial charge in [0, 0.05) is 27.5 Å². The smallest absolute Gasteiger partial charge is 0.264 e. The molecule has 1 aliphatic heterocycles. The number of thiophene rings is 2. The van der Waals surface area contributed by atoms with Crippen LogP contribution in [0, 0.1) is 0 Å². The van der Waals surface area contributed by atoms with Crippen LogP contribution in [0.25, 0.3) is 0 Å². The average molecular weight is 493 g/mol. The van der Waals surface area contributed by atoms with Crippen LogP contribution >= 0.6 is 45.9 Å². The molecule has 0 aliphatic carbocycles. The molecule has 162 valence electrons. The van der Waals surface area contributed by atoms with Gasteiger partial charge < -0.3 is 9.80 Å². The number of amides is 2. The minimum absolute atomic E-state index is 0.0234. The van der Waals surface area contributed by atoms with Gasteiger partial charge in [-0.3, -0.25) is 9.59 Å². The van der Waals surface area contributed by atoms with E-state index in [0.717, 1.165) is 17.5 Å². The Balaban J connectivity index is 1.66. The summed E-state index contributed by atoms with van der Waals surface area (Å²) in [7, 11) is 0. The molecule has 1 atom stereocenters. The van der Waals surface area contributed by atoms with Gasteiger partial charge >= 0.3 is 0 Å². The van der Waals surface area contributed by atoms with E-state index in [1.165, 1.54) is 16.2 Å². The largest absolute Gasteiger partial charge is 0.330 e. The highest BCUT2D eigenvalue weighted by molar-refractivity contribution is 7.12. The van der Waals surface area contributed by atoms with Crippen molar-refractivity contribution in [1.29, 1.82) is 0 Å². The minimum Gasteiger partial charge on any atom is -0.330 e. The van der Waals surface area contributed by atoms with Gasteiger partial charge in [0.05, 0.1) is 10.9 Å². The number of hydrogen-bond acceptors (Lipinski definition) is 4. The predicted octanol–water partition coefficient (Wildman–Crippen LogP) is 6.14. The summed E-state index contributed by atoms with van der Waals surface area (Å²) in [4.78, 5) is 31.9. The number of benzene rings is 1. The SMILES string of the molecule is CC(C)N(CC(=O)N1CCc2sccc2C1c1ccc(Cl)cc1Cl)C(=O)c1cccs1. The van der Waals surface area contributed by atoms with Gasteiger partial charge in [0.15, 0.2) is 0 Å². The number of hydrogen-bond donors (Lipinski definition) is 0. The fraction of sp³-hybridized carbons (Fsp3) is 0.304. The maximum Gasteiger partial charge on any atom is 0.264 e. The highest BCUT2D eigenvalue weighted by atomic mass is 35.5. The van der Waals surface area contributed by atoms with Crippen LogP contribution < -0.4 is 0 Å². The average Bonchev–Trinajstić information content (AvgIpc) is 3.42. The second-order valence-electron chi connectivity index (χ2n) is 7.71. The Bertz CT molecular complexity index is 1090. The summed E-state index contributed by atoms with van der Waals surface area (Å²) in [5.74, 6) is -0.209. The molecule has 4 nitrogen and oxygen atoms in total. The lowest BCUT2D eigenvalue weighted by Gasteiger charge is -2.38. The number of carbonyl (C=O) groups excluding carboxylic acids is 2. The Morgan fingerprint density at radius 1 is 1.13 bits per heavy atom. The molecule has 2 aromatic heterocycles. The monoisotopic (exact) mass is 492 g/mol. The second-order valence-corrected chi connectivity index (χ2v) is 10.5. The van der Waals surface area contributed by atoms with Gasteiger partial charge in [-0.15, -0.1) is 22.7 Å². The molecule has 3 heterocycles. The van der Waals surface area contributed by atoms with Crippen LogP contribution in [0.4, 0.5) is 0 Å². The molecule has 31 heavy (non-hydrogen) atoms. The Kier molecular flexibility index (Phi) is 6.72. The molecular formula is C23H22Cl2N2O2S2. The van der Waals surface area contributed by atoms with E-state index in [9.17, 15) is 9.59 Å². The van der Waals surface area contributed by atoms with E-state index < -0.39 is 0 Å². The number of fused-ring (bicyclic) bond motifs is 1. The van der Waals surface area contributed by atoms with Crippen molar-refractivity contribution in [1.82, 2.24) is 9.80 Å². The summed E-state index contributed by atoms with van der Waals surface area (Å²) in [5, 5.41) is 5.01. The van der Waals surface area contributed by atoms with Crippen molar-refractivity contribution < 1.29 is 9.59 Å². The van der Waals surface area contributed by atoms with E-state index in [4.69, 9.17) is 23.2 Å². The first-order valence-corrected chi connectivity index (χ1v) is 12.5. The molecule has 0 bridgehead atoms. The van der Waals surface area contributed by atoms with E-state index in [1.54, 1.807) is 34.4 Å². The van der Waals surface area contributed by atoms with Gasteiger partial charge in [-0.25, -0.2) is 0 Å². The van der Waals surface area contributed by atoms with Crippen molar-refractivity contribution in [3.05, 3.63) is 78.1 Å². The van der Waals surface area contributed by atoms with Crippen molar-refractivity contribution in [3.8, 4) is 0 Å². The van der Waals surface area contributed by atoms with Crippen molar-refractivity contribution in [2.75, 3.05) is 13.1 Å². The first-order valence-electron chi connectivity index (χ1n) is 10.0. The highest BCUT2D eigenvalue weighted by Crippen LogP contribution is 2.41. The van der Waals surface area contributed by atoms with E-state index in [0.29, 0.717) is 21.5 Å². The summed E-state index contributed by atoms with van der Waals surface area (Å²) >= 11 is 15.8. The predicted molar refractivity (Wildman–Crippen MR) is 129 cm³/mol. The summed E-state index contributed by atoms with van der Waals surface area (Å²) in [6.45, 7) is 4.46. The zero-order valence-electron chi connectivity index (χ0n) is 17.2. The minimum atomic E-state index is -0.293. The molecule has 0 radical (unpaired) electrons. The van der Waals surface area contributed by atoms with Crippen molar-refractivity contribution in [2.24, 2.45) is 0 Å². The van der Waals surface area contributed by atoms with Crippen molar-refractivity contribution >= 4 is 57.7 Å². The van der Waals surface area contributed by atoms with E-state index in [2.05, 4.69) is 11.4 Å². The van der Waals surface area contributed by atoms with E-state index in [-0.39, 0.29) is 30.4 Å². The zero-order valence-corrected chi connectivity index (χ0v) is 20.3. The third-order valence-electron chi connectivity index (χ3n) is 5.47. The molecule has 8 heteroatoms. The Hall–Kier alpha value is -1.86. The Morgan fingerprint density at radius 3 is 2.61 bits per heavy atom. The van der Waals surface area contributed by atoms with E-state index >= 15 is 0 Å². The Labute approximate surface area is 200 Å². The fourth-order valence-corrected chi connectivity index (χ4v) is 6.01. The lowest BCUT2D eigenvalue weighted by atomic mass is 9.93. The number of carbonyl (C=O) groups is 2. The summed E-state index contributed by atoms with van der Waals surface area (Å²) in [6, 6.07) is 10.7. The highest BCUT2D eigenvalue weighted by Gasteiger charge is 2.35. The van der Waals surface area contributed by atoms with Crippen molar-refractivity contribution in [3.63, 3.8) is 0 Å². The van der Waals surface area contributed by atoms with Crippen LogP contribution in [0.15, 0.2) is 47.2 Å². The van der Waals surface area contributed by atoms with Crippen LogP contribution in [-0.2, 0) is 11.2 Å². The molecule has 1 aromatic carbocycles. The molecule has 4 rings (SSSR count). The molecule has 3 aromatic rings. The molecular weight excluding hydrogens is 471 g/mol. The van der Waals surface area contributed by atoms with Crippen LogP contribution in [0.3, 0.4) is 0 Å². The van der Waals surface area contributed by atoms with Gasteiger partial charge in [-0.05, 0) is 66.4 Å². The van der Waals surface area contributed by atoms with Gasteiger partial charge in [0.1, 0.15) is 6.54 Å². The van der Waals surface area contributed by atoms with Gasteiger partial charge in [-0.1, -0.05) is 35.3 Å². The topological polar surface area (TPSA) is 40.6 Å². The normalized spacial score (nSPS) is 15.8. The summed E-state index contributed by atoms with van der Waals surface area (Å²) in [6.07, 6.45) is 0.793. The van der Waals surface area contributed by atoms with Gasteiger partial charge in [0.2, 0.25) is 5.91 Å². The van der Waals surface area contributed by atoms with Crippen LogP contribution in [-0.4, -0.2) is 40.7 Å². The molecule has 1 unspecified atom stereocenters. The maximum atomic E-state index is 13.6. The first-order chi connectivity index (χ1) is 14.9. The number of rotatable bonds is 5. The van der Waals surface area contributed by atoms with Crippen molar-refractivity contribution in [2.45, 2.75) is 32.4 Å². The Morgan fingerprint density at radius 2 is 1.94 bits per heavy atom. The number of nitrogens with zero attached hydrogens (tertiary/aromatic N) is 2. The number of halogens is 2. The van der Waals surface area contributed by atoms with Crippen LogP contribution in [0.2, 0.25) is 10.0 Å². The third-order valence-corrected chi connectivity index (χ3v) is 7.88. The third kappa shape index (κ3) is 4.53. The standard InChI is InChI=1S/C23H22Cl2N2O2S2/c1-14(2)27(23(29)20-4-3-10-30-20)13-21(28)26-9-7-19-17(8-11-31-19)22(26)16-6-5-15(24)12-18(16)25/h3-6,8,10-12,14,22H,7,9,13H2,1-2H3. The molecule has 0 N–H and O–H groups in total. The zero-order chi connectivity index (χ0) is 22.1. The molecule has 1 aliphatic rings. The quantitative estimate of drug-likeness (QED) is 0.428. The molecule has 0 fully saturated rings. The summed E-state index contributed by atoms with van der Waals surface area (Å²) < 4.78 is 0. The summed E-state index contributed by atoms with van der Waals surface area (Å²) in [5.41, 5.74) is 1.94. The van der Waals surface area contributed by atoms with Gasteiger partial charge in [-0.2, -0.15) is 0 Å². The molecule has 2 amide bonds. The lowest BCUT2D eigenvalue weighted by molar-refractivity contribution is -0.134. The van der Waals surface area contributed by atoms with Crippen LogP contribution in [0.5, 0.6) is 0 Å². The molecule has 0 saturated heterocycles. The molecule has 0 spiro atoms. The van der Waals surface area contributed by atoms with E-state index in [1.807, 2.05) is 36.3 Å². The van der Waals surface area contributed by atoms with Crippen LogP contribution in [0.1, 0.15) is 45.6 Å². The van der Waals surface area contributed by atoms with Gasteiger partial charge in [0.25, 0.3) is 5.91 Å². The molecule has 0 saturated carbocycles.